The van der Waals surface area contributed by atoms with Gasteiger partial charge in [0.05, 0.1) is 16.6 Å². The number of fused-ring (bicyclic) bond motifs is 1. The number of alkyl halides is 2. The highest BCUT2D eigenvalue weighted by atomic mass is 32.1. The lowest BCUT2D eigenvalue weighted by molar-refractivity contribution is -0.0508. The van der Waals surface area contributed by atoms with Crippen LogP contribution >= 0.6 is 11.3 Å². The van der Waals surface area contributed by atoms with E-state index >= 15 is 0 Å². The molecule has 2 N–H and O–H groups in total. The first kappa shape index (κ1) is 22.1. The number of para-hydroxylation sites is 1. The van der Waals surface area contributed by atoms with Crippen molar-refractivity contribution in [1.29, 1.82) is 0 Å². The minimum atomic E-state index is -3.04. The Kier molecular flexibility index (Phi) is 5.92. The summed E-state index contributed by atoms with van der Waals surface area (Å²) in [7, 11) is 0. The Bertz CT molecular complexity index is 1480. The molecule has 0 aliphatic heterocycles. The van der Waals surface area contributed by atoms with Crippen LogP contribution in [0.15, 0.2) is 57.4 Å². The molecule has 33 heavy (non-hydrogen) atoms. The van der Waals surface area contributed by atoms with Gasteiger partial charge in [-0.1, -0.05) is 18.2 Å². The number of halogens is 3. The molecule has 0 fully saturated rings. The highest BCUT2D eigenvalue weighted by molar-refractivity contribution is 7.13. The van der Waals surface area contributed by atoms with E-state index in [1.807, 2.05) is 0 Å². The summed E-state index contributed by atoms with van der Waals surface area (Å²) in [5.41, 5.74) is -2.16. The number of nitrogens with one attached hydrogen (secondary N) is 1. The Morgan fingerprint density at radius 3 is 2.67 bits per heavy atom. The smallest absolute Gasteiger partial charge is 0.387 e. The van der Waals surface area contributed by atoms with Crippen molar-refractivity contribution in [3.05, 3.63) is 84.9 Å². The minimum Gasteiger partial charge on any atom is -0.489 e. The number of aromatic nitrogens is 2. The molecule has 0 spiro atoms. The first-order chi connectivity index (χ1) is 15.8. The lowest BCUT2D eigenvalue weighted by atomic mass is 10.2. The molecular formula is C21H13F3N2O6S. The Morgan fingerprint density at radius 1 is 1.18 bits per heavy atom. The third-order valence-corrected chi connectivity index (χ3v) is 5.56. The number of H-pyrrole nitrogens is 1. The zero-order valence-corrected chi connectivity index (χ0v) is 17.2. The second-order valence-electron chi connectivity index (χ2n) is 6.62. The molecule has 4 aromatic rings. The molecule has 4 rings (SSSR count). The van der Waals surface area contributed by atoms with Gasteiger partial charge in [-0.05, 0) is 18.2 Å². The molecule has 0 saturated heterocycles. The zero-order chi connectivity index (χ0) is 23.7. The van der Waals surface area contributed by atoms with E-state index < -0.39 is 35.3 Å². The number of hydrogen-bond acceptors (Lipinski definition) is 6. The Morgan fingerprint density at radius 2 is 1.94 bits per heavy atom. The SMILES string of the molecule is O=C(O)c1scc2[nH]c(=O)n(-c3cc(OCc4ccccc4OC(F)F)ccc3F)c(=O)c12. The van der Waals surface area contributed by atoms with Crippen molar-refractivity contribution in [1.82, 2.24) is 9.55 Å². The molecule has 0 bridgehead atoms. The van der Waals surface area contributed by atoms with E-state index in [1.54, 1.807) is 6.07 Å². The summed E-state index contributed by atoms with van der Waals surface area (Å²) < 4.78 is 50.2. The first-order valence-corrected chi connectivity index (χ1v) is 10.1. The van der Waals surface area contributed by atoms with Crippen molar-refractivity contribution in [2.75, 3.05) is 0 Å². The van der Waals surface area contributed by atoms with Crippen LogP contribution in [0.5, 0.6) is 11.5 Å². The van der Waals surface area contributed by atoms with Gasteiger partial charge in [-0.25, -0.2) is 18.5 Å². The molecule has 12 heteroatoms. The summed E-state index contributed by atoms with van der Waals surface area (Å²) in [5, 5.41) is 10.3. The number of carboxylic acid groups (broad SMARTS) is 1. The van der Waals surface area contributed by atoms with Gasteiger partial charge in [0.25, 0.3) is 5.56 Å². The minimum absolute atomic E-state index is 0.0205. The highest BCUT2D eigenvalue weighted by Crippen LogP contribution is 2.25. The summed E-state index contributed by atoms with van der Waals surface area (Å²) in [5.74, 6) is -2.39. The van der Waals surface area contributed by atoms with E-state index in [9.17, 15) is 32.7 Å². The van der Waals surface area contributed by atoms with Crippen molar-refractivity contribution in [2.45, 2.75) is 13.2 Å². The molecule has 2 heterocycles. The molecule has 2 aromatic carbocycles. The Balaban J connectivity index is 1.73. The number of carboxylic acids is 1. The van der Waals surface area contributed by atoms with Crippen LogP contribution in [0, 0.1) is 5.82 Å². The fourth-order valence-corrected chi connectivity index (χ4v) is 3.99. The molecule has 170 valence electrons. The Hall–Kier alpha value is -4.06. The molecule has 0 radical (unpaired) electrons. The number of hydrogen-bond donors (Lipinski definition) is 2. The largest absolute Gasteiger partial charge is 0.489 e. The van der Waals surface area contributed by atoms with Gasteiger partial charge >= 0.3 is 18.3 Å². The summed E-state index contributed by atoms with van der Waals surface area (Å²) in [6, 6.07) is 9.16. The average Bonchev–Trinajstić information content (AvgIpc) is 3.19. The third-order valence-electron chi connectivity index (χ3n) is 4.59. The van der Waals surface area contributed by atoms with Crippen LogP contribution in [0.3, 0.4) is 0 Å². The number of benzene rings is 2. The second kappa shape index (κ2) is 8.82. The number of aromatic amines is 1. The van der Waals surface area contributed by atoms with Crippen LogP contribution < -0.4 is 20.7 Å². The predicted octanol–water partition coefficient (Wildman–Crippen LogP) is 3.76. The molecule has 0 atom stereocenters. The summed E-state index contributed by atoms with van der Waals surface area (Å²) in [6.45, 7) is -3.27. The van der Waals surface area contributed by atoms with Crippen LogP contribution in [-0.4, -0.2) is 27.2 Å². The van der Waals surface area contributed by atoms with Crippen molar-refractivity contribution in [3.63, 3.8) is 0 Å². The van der Waals surface area contributed by atoms with Crippen molar-refractivity contribution in [2.24, 2.45) is 0 Å². The van der Waals surface area contributed by atoms with Crippen LogP contribution in [0.2, 0.25) is 0 Å². The quantitative estimate of drug-likeness (QED) is 0.419. The molecule has 0 saturated carbocycles. The maximum atomic E-state index is 14.6. The van der Waals surface area contributed by atoms with Crippen molar-refractivity contribution >= 4 is 28.2 Å². The van der Waals surface area contributed by atoms with Gasteiger partial charge in [-0.3, -0.25) is 4.79 Å². The van der Waals surface area contributed by atoms with Gasteiger partial charge in [0.15, 0.2) is 0 Å². The summed E-state index contributed by atoms with van der Waals surface area (Å²) >= 11 is 0.750. The molecule has 0 unspecified atom stereocenters. The normalized spacial score (nSPS) is 11.2. The molecule has 0 amide bonds. The molecule has 0 aliphatic carbocycles. The zero-order valence-electron chi connectivity index (χ0n) is 16.4. The first-order valence-electron chi connectivity index (χ1n) is 9.21. The predicted molar refractivity (Wildman–Crippen MR) is 112 cm³/mol. The Labute approximate surface area is 186 Å². The van der Waals surface area contributed by atoms with Gasteiger partial charge < -0.3 is 19.6 Å². The van der Waals surface area contributed by atoms with Crippen LogP contribution in [0.4, 0.5) is 13.2 Å². The molecule has 0 aliphatic rings. The van der Waals surface area contributed by atoms with E-state index in [1.165, 1.54) is 29.6 Å². The fourth-order valence-electron chi connectivity index (χ4n) is 3.16. The van der Waals surface area contributed by atoms with E-state index in [4.69, 9.17) is 4.74 Å². The third kappa shape index (κ3) is 4.32. The standard InChI is InChI=1S/C21H13F3N2O6S/c22-12-6-5-11(31-8-10-3-1-2-4-15(10)32-20(23)24)7-14(12)26-18(27)16-13(25-21(26)30)9-33-17(16)19(28)29/h1-7,9,20H,8H2,(H,25,30)(H,28,29). The van der Waals surface area contributed by atoms with Gasteiger partial charge in [0.1, 0.15) is 28.8 Å². The van der Waals surface area contributed by atoms with Gasteiger partial charge in [-0.15, -0.1) is 11.3 Å². The number of nitrogens with zero attached hydrogens (tertiary/aromatic N) is 1. The van der Waals surface area contributed by atoms with Gasteiger partial charge in [-0.2, -0.15) is 8.78 Å². The van der Waals surface area contributed by atoms with Crippen molar-refractivity contribution in [3.8, 4) is 17.2 Å². The molecule has 2 aromatic heterocycles. The summed E-state index contributed by atoms with van der Waals surface area (Å²) in [6.07, 6.45) is 0. The number of aromatic carboxylic acids is 1. The van der Waals surface area contributed by atoms with E-state index in [0.29, 0.717) is 4.57 Å². The second-order valence-corrected chi connectivity index (χ2v) is 7.50. The highest BCUT2D eigenvalue weighted by Gasteiger charge is 2.21. The van der Waals surface area contributed by atoms with Crippen LogP contribution in [-0.2, 0) is 6.61 Å². The van der Waals surface area contributed by atoms with E-state index in [0.717, 1.165) is 23.5 Å². The number of carbonyl (C=O) groups is 1. The number of thiophene rings is 1. The summed E-state index contributed by atoms with van der Waals surface area (Å²) in [4.78, 5) is 38.9. The molecular weight excluding hydrogens is 465 g/mol. The monoisotopic (exact) mass is 478 g/mol. The van der Waals surface area contributed by atoms with E-state index in [-0.39, 0.29) is 39.4 Å². The van der Waals surface area contributed by atoms with Crippen molar-refractivity contribution < 1.29 is 32.5 Å². The number of rotatable bonds is 7. The van der Waals surface area contributed by atoms with Crippen LogP contribution in [0.25, 0.3) is 16.6 Å². The number of ether oxygens (including phenoxy) is 2. The lowest BCUT2D eigenvalue weighted by Gasteiger charge is -2.13. The maximum Gasteiger partial charge on any atom is 0.387 e. The van der Waals surface area contributed by atoms with Gasteiger partial charge in [0, 0.05) is 17.0 Å². The van der Waals surface area contributed by atoms with E-state index in [2.05, 4.69) is 9.72 Å². The van der Waals surface area contributed by atoms with Crippen LogP contribution in [0.1, 0.15) is 15.2 Å². The average molecular weight is 478 g/mol. The van der Waals surface area contributed by atoms with Gasteiger partial charge in [0.2, 0.25) is 0 Å². The fraction of sp³-hybridized carbons (Fsp3) is 0.0952. The lowest BCUT2D eigenvalue weighted by Crippen LogP contribution is -2.34. The molecule has 8 nitrogen and oxygen atoms in total. The maximum absolute atomic E-state index is 14.6. The topological polar surface area (TPSA) is 111 Å².